The van der Waals surface area contributed by atoms with Crippen molar-refractivity contribution in [2.24, 2.45) is 5.92 Å². The van der Waals surface area contributed by atoms with Crippen LogP contribution in [0.2, 0.25) is 0 Å². The van der Waals surface area contributed by atoms with E-state index < -0.39 is 0 Å². The smallest absolute Gasteiger partial charge is 0.0200 e. The van der Waals surface area contributed by atoms with Crippen LogP contribution in [0.4, 0.5) is 0 Å². The fraction of sp³-hybridized carbons (Fsp3) is 1.00. The lowest BCUT2D eigenvalue weighted by Crippen LogP contribution is -2.52. The molecule has 0 aromatic carbocycles. The highest BCUT2D eigenvalue weighted by molar-refractivity contribution is 4.94. The number of piperazine rings is 1. The Kier molecular flexibility index (Phi) is 5.00. The Balaban J connectivity index is 1.41. The van der Waals surface area contributed by atoms with Crippen molar-refractivity contribution < 1.29 is 0 Å². The topological polar surface area (TPSA) is 18.5 Å². The molecule has 4 atom stereocenters. The number of nitrogens with one attached hydrogen (secondary N) is 1. The summed E-state index contributed by atoms with van der Waals surface area (Å²) in [5, 5.41) is 3.93. The van der Waals surface area contributed by atoms with Crippen LogP contribution in [-0.2, 0) is 0 Å². The maximum Gasteiger partial charge on any atom is 0.0200 e. The summed E-state index contributed by atoms with van der Waals surface area (Å²) in [7, 11) is 0. The highest BCUT2D eigenvalue weighted by atomic mass is 15.3. The molecule has 3 rings (SSSR count). The molecule has 4 unspecified atom stereocenters. The molecule has 0 radical (unpaired) electrons. The van der Waals surface area contributed by atoms with Crippen LogP contribution in [0.25, 0.3) is 0 Å². The number of rotatable bonds is 4. The van der Waals surface area contributed by atoms with Gasteiger partial charge in [0, 0.05) is 50.8 Å². The molecule has 20 heavy (non-hydrogen) atoms. The molecule has 0 aromatic heterocycles. The summed E-state index contributed by atoms with van der Waals surface area (Å²) in [5.74, 6) is 0.996. The van der Waals surface area contributed by atoms with Crippen LogP contribution >= 0.6 is 0 Å². The average molecular weight is 279 g/mol. The first kappa shape index (κ1) is 14.8. The Morgan fingerprint density at radius 1 is 1.10 bits per heavy atom. The molecule has 3 nitrogen and oxygen atoms in total. The molecule has 0 amide bonds. The van der Waals surface area contributed by atoms with Crippen LogP contribution in [0.3, 0.4) is 0 Å². The molecule has 3 fully saturated rings. The minimum atomic E-state index is 0.768. The van der Waals surface area contributed by atoms with Gasteiger partial charge >= 0.3 is 0 Å². The van der Waals surface area contributed by atoms with Gasteiger partial charge in [-0.25, -0.2) is 0 Å². The summed E-state index contributed by atoms with van der Waals surface area (Å²) < 4.78 is 0. The minimum absolute atomic E-state index is 0.768. The van der Waals surface area contributed by atoms with Gasteiger partial charge in [0.25, 0.3) is 0 Å². The lowest BCUT2D eigenvalue weighted by molar-refractivity contribution is 0.0949. The van der Waals surface area contributed by atoms with Crippen molar-refractivity contribution in [2.45, 2.75) is 70.5 Å². The van der Waals surface area contributed by atoms with E-state index >= 15 is 0 Å². The zero-order valence-electron chi connectivity index (χ0n) is 13.5. The Labute approximate surface area is 125 Å². The first-order valence-electron chi connectivity index (χ1n) is 8.98. The van der Waals surface area contributed by atoms with Crippen molar-refractivity contribution in [3.8, 4) is 0 Å². The SMILES string of the molecule is CCC(C)N1CCN(CC2CC3CCCCC3N2)CC1. The highest BCUT2D eigenvalue weighted by Gasteiger charge is 2.35. The van der Waals surface area contributed by atoms with Gasteiger partial charge in [-0.05, 0) is 38.5 Å². The third-order valence-corrected chi connectivity index (χ3v) is 6.05. The molecule has 3 heteroatoms. The molecule has 3 aliphatic rings. The Bertz CT molecular complexity index is 285. The van der Waals surface area contributed by atoms with E-state index in [0.29, 0.717) is 0 Å². The molecule has 0 bridgehead atoms. The van der Waals surface area contributed by atoms with Gasteiger partial charge in [0.1, 0.15) is 0 Å². The molecule has 2 saturated heterocycles. The van der Waals surface area contributed by atoms with Gasteiger partial charge in [-0.1, -0.05) is 19.8 Å². The Hall–Kier alpha value is -0.120. The number of hydrogen-bond donors (Lipinski definition) is 1. The second-order valence-corrected chi connectivity index (χ2v) is 7.34. The maximum atomic E-state index is 3.93. The standard InChI is InChI=1S/C17H33N3/c1-3-14(2)20-10-8-19(9-11-20)13-16-12-15-6-4-5-7-17(15)18-16/h14-18H,3-13H2,1-2H3. The van der Waals surface area contributed by atoms with E-state index in [4.69, 9.17) is 0 Å². The number of nitrogens with zero attached hydrogens (tertiary/aromatic N) is 2. The molecule has 2 heterocycles. The van der Waals surface area contributed by atoms with Gasteiger partial charge in [-0.2, -0.15) is 0 Å². The molecule has 1 N–H and O–H groups in total. The Morgan fingerprint density at radius 3 is 2.55 bits per heavy atom. The average Bonchev–Trinajstić information content (AvgIpc) is 2.89. The fourth-order valence-corrected chi connectivity index (χ4v) is 4.53. The van der Waals surface area contributed by atoms with Gasteiger partial charge in [-0.15, -0.1) is 0 Å². The lowest BCUT2D eigenvalue weighted by atomic mass is 9.85. The van der Waals surface area contributed by atoms with Gasteiger partial charge in [0.15, 0.2) is 0 Å². The van der Waals surface area contributed by atoms with E-state index in [9.17, 15) is 0 Å². The quantitative estimate of drug-likeness (QED) is 0.852. The van der Waals surface area contributed by atoms with Crippen LogP contribution in [0.1, 0.15) is 52.4 Å². The third-order valence-electron chi connectivity index (χ3n) is 6.05. The molecule has 1 saturated carbocycles. The summed E-state index contributed by atoms with van der Waals surface area (Å²) in [5.41, 5.74) is 0. The van der Waals surface area contributed by atoms with Crippen molar-refractivity contribution >= 4 is 0 Å². The van der Waals surface area contributed by atoms with E-state index in [1.54, 1.807) is 0 Å². The van der Waals surface area contributed by atoms with Gasteiger partial charge in [0.2, 0.25) is 0 Å². The van der Waals surface area contributed by atoms with Gasteiger partial charge < -0.3 is 5.32 Å². The van der Waals surface area contributed by atoms with Crippen LogP contribution in [0, 0.1) is 5.92 Å². The van der Waals surface area contributed by atoms with E-state index in [-0.39, 0.29) is 0 Å². The van der Waals surface area contributed by atoms with E-state index in [1.165, 1.54) is 71.2 Å². The molecular weight excluding hydrogens is 246 g/mol. The first-order valence-corrected chi connectivity index (χ1v) is 8.98. The number of hydrogen-bond acceptors (Lipinski definition) is 3. The molecule has 0 spiro atoms. The monoisotopic (exact) mass is 279 g/mol. The minimum Gasteiger partial charge on any atom is -0.310 e. The fourth-order valence-electron chi connectivity index (χ4n) is 4.53. The molecule has 0 aromatic rings. The maximum absolute atomic E-state index is 3.93. The largest absolute Gasteiger partial charge is 0.310 e. The predicted octanol–water partition coefficient (Wildman–Crippen LogP) is 2.32. The molecular formula is C17H33N3. The summed E-state index contributed by atoms with van der Waals surface area (Å²) in [4.78, 5) is 5.37. The summed E-state index contributed by atoms with van der Waals surface area (Å²) in [6.45, 7) is 11.1. The second kappa shape index (κ2) is 6.76. The van der Waals surface area contributed by atoms with Gasteiger partial charge in [-0.3, -0.25) is 9.80 Å². The Morgan fingerprint density at radius 2 is 1.85 bits per heavy atom. The zero-order chi connectivity index (χ0) is 13.9. The number of fused-ring (bicyclic) bond motifs is 1. The van der Waals surface area contributed by atoms with Crippen molar-refractivity contribution in [1.29, 1.82) is 0 Å². The van der Waals surface area contributed by atoms with Crippen LogP contribution in [-0.4, -0.2) is 60.6 Å². The normalized spacial score (nSPS) is 37.8. The molecule has 1 aliphatic carbocycles. The van der Waals surface area contributed by atoms with Gasteiger partial charge in [0.05, 0.1) is 0 Å². The van der Waals surface area contributed by atoms with Crippen LogP contribution in [0.5, 0.6) is 0 Å². The zero-order valence-corrected chi connectivity index (χ0v) is 13.5. The summed E-state index contributed by atoms with van der Waals surface area (Å²) >= 11 is 0. The second-order valence-electron chi connectivity index (χ2n) is 7.34. The predicted molar refractivity (Wildman–Crippen MR) is 85.1 cm³/mol. The molecule has 2 aliphatic heterocycles. The van der Waals surface area contributed by atoms with Crippen LogP contribution < -0.4 is 5.32 Å². The lowest BCUT2D eigenvalue weighted by Gasteiger charge is -2.38. The third kappa shape index (κ3) is 3.37. The van der Waals surface area contributed by atoms with Crippen molar-refractivity contribution in [1.82, 2.24) is 15.1 Å². The summed E-state index contributed by atoms with van der Waals surface area (Å²) in [6.07, 6.45) is 8.57. The highest BCUT2D eigenvalue weighted by Crippen LogP contribution is 2.33. The van der Waals surface area contributed by atoms with Crippen molar-refractivity contribution in [3.05, 3.63) is 0 Å². The van der Waals surface area contributed by atoms with Crippen LogP contribution in [0.15, 0.2) is 0 Å². The summed E-state index contributed by atoms with van der Waals surface area (Å²) in [6, 6.07) is 2.40. The molecule has 116 valence electrons. The van der Waals surface area contributed by atoms with E-state index in [1.807, 2.05) is 0 Å². The van der Waals surface area contributed by atoms with Crippen molar-refractivity contribution in [2.75, 3.05) is 32.7 Å². The van der Waals surface area contributed by atoms with E-state index in [2.05, 4.69) is 29.0 Å². The van der Waals surface area contributed by atoms with E-state index in [0.717, 1.165) is 24.0 Å². The van der Waals surface area contributed by atoms with Crippen molar-refractivity contribution in [3.63, 3.8) is 0 Å². The first-order chi connectivity index (χ1) is 9.76.